The summed E-state index contributed by atoms with van der Waals surface area (Å²) in [6, 6.07) is 12.2. The fourth-order valence-corrected chi connectivity index (χ4v) is 1.92. The molecule has 0 N–H and O–H groups in total. The molecule has 104 valence electrons. The number of hydrogen-bond acceptors (Lipinski definition) is 4. The third-order valence-corrected chi connectivity index (χ3v) is 2.86. The number of rotatable bonds is 4. The van der Waals surface area contributed by atoms with Gasteiger partial charge < -0.3 is 14.2 Å². The van der Waals surface area contributed by atoms with Crippen LogP contribution in [0.3, 0.4) is 0 Å². The quantitative estimate of drug-likeness (QED) is 0.633. The lowest BCUT2D eigenvalue weighted by atomic mass is 10.2. The first-order chi connectivity index (χ1) is 9.65. The van der Waals surface area contributed by atoms with Crippen LogP contribution in [0.15, 0.2) is 42.5 Å². The Morgan fingerprint density at radius 1 is 1.00 bits per heavy atom. The van der Waals surface area contributed by atoms with Crippen LogP contribution in [-0.4, -0.2) is 20.2 Å². The van der Waals surface area contributed by atoms with Crippen LogP contribution in [0.1, 0.15) is 15.9 Å². The maximum atomic E-state index is 12.0. The molecule has 0 aliphatic rings. The number of ether oxygens (including phenoxy) is 3. The van der Waals surface area contributed by atoms with E-state index in [2.05, 4.69) is 0 Å². The molecule has 0 aromatic heterocycles. The zero-order chi connectivity index (χ0) is 14.5. The Hall–Kier alpha value is -2.49. The predicted molar refractivity (Wildman–Crippen MR) is 75.7 cm³/mol. The van der Waals surface area contributed by atoms with Crippen molar-refractivity contribution in [3.63, 3.8) is 0 Å². The number of benzene rings is 2. The molecule has 0 bridgehead atoms. The van der Waals surface area contributed by atoms with Gasteiger partial charge in [-0.2, -0.15) is 0 Å². The third-order valence-electron chi connectivity index (χ3n) is 2.86. The SMILES string of the molecule is COc1cc(OC(=O)c2ccccc2)cc(C)c1OC. The van der Waals surface area contributed by atoms with Gasteiger partial charge in [0, 0.05) is 6.07 Å². The molecular formula is C16H16O4. The largest absolute Gasteiger partial charge is 0.493 e. The van der Waals surface area contributed by atoms with Crippen molar-refractivity contribution in [3.8, 4) is 17.2 Å². The fourth-order valence-electron chi connectivity index (χ4n) is 1.92. The van der Waals surface area contributed by atoms with Gasteiger partial charge in [0.25, 0.3) is 0 Å². The second-order valence-corrected chi connectivity index (χ2v) is 4.23. The van der Waals surface area contributed by atoms with Crippen molar-refractivity contribution < 1.29 is 19.0 Å². The molecule has 2 aromatic carbocycles. The molecule has 0 radical (unpaired) electrons. The first-order valence-electron chi connectivity index (χ1n) is 6.15. The fraction of sp³-hybridized carbons (Fsp3) is 0.188. The normalized spacial score (nSPS) is 9.95. The van der Waals surface area contributed by atoms with E-state index in [1.807, 2.05) is 13.0 Å². The summed E-state index contributed by atoms with van der Waals surface area (Å²) in [6.07, 6.45) is 0. The van der Waals surface area contributed by atoms with Gasteiger partial charge in [-0.1, -0.05) is 18.2 Å². The summed E-state index contributed by atoms with van der Waals surface area (Å²) >= 11 is 0. The Morgan fingerprint density at radius 2 is 1.70 bits per heavy atom. The van der Waals surface area contributed by atoms with Gasteiger partial charge in [0.05, 0.1) is 19.8 Å². The molecule has 0 unspecified atom stereocenters. The van der Waals surface area contributed by atoms with E-state index in [1.54, 1.807) is 50.6 Å². The summed E-state index contributed by atoms with van der Waals surface area (Å²) in [7, 11) is 3.11. The highest BCUT2D eigenvalue weighted by Gasteiger charge is 2.13. The average molecular weight is 272 g/mol. The van der Waals surface area contributed by atoms with E-state index < -0.39 is 5.97 Å². The van der Waals surface area contributed by atoms with Gasteiger partial charge in [-0.05, 0) is 30.7 Å². The van der Waals surface area contributed by atoms with Crippen LogP contribution in [0, 0.1) is 6.92 Å². The van der Waals surface area contributed by atoms with Crippen molar-refractivity contribution in [2.45, 2.75) is 6.92 Å². The van der Waals surface area contributed by atoms with Crippen LogP contribution in [0.25, 0.3) is 0 Å². The molecule has 4 nitrogen and oxygen atoms in total. The first kappa shape index (κ1) is 13.9. The summed E-state index contributed by atoms with van der Waals surface area (Å²) in [4.78, 5) is 12.0. The third kappa shape index (κ3) is 2.91. The van der Waals surface area contributed by atoms with Crippen LogP contribution >= 0.6 is 0 Å². The monoisotopic (exact) mass is 272 g/mol. The van der Waals surface area contributed by atoms with Crippen LogP contribution < -0.4 is 14.2 Å². The van der Waals surface area contributed by atoms with Gasteiger partial charge in [-0.15, -0.1) is 0 Å². The Balaban J connectivity index is 2.26. The summed E-state index contributed by atoms with van der Waals surface area (Å²) in [6.45, 7) is 1.86. The molecule has 2 aromatic rings. The van der Waals surface area contributed by atoms with Crippen molar-refractivity contribution >= 4 is 5.97 Å². The topological polar surface area (TPSA) is 44.8 Å². The molecule has 0 saturated carbocycles. The second-order valence-electron chi connectivity index (χ2n) is 4.23. The van der Waals surface area contributed by atoms with E-state index in [0.29, 0.717) is 22.8 Å². The van der Waals surface area contributed by atoms with E-state index in [1.165, 1.54) is 0 Å². The molecule has 0 saturated heterocycles. The molecule has 20 heavy (non-hydrogen) atoms. The summed E-state index contributed by atoms with van der Waals surface area (Å²) in [5.74, 6) is 1.18. The Bertz CT molecular complexity index is 605. The minimum absolute atomic E-state index is 0.405. The molecule has 0 amide bonds. The van der Waals surface area contributed by atoms with E-state index in [0.717, 1.165) is 5.56 Å². The number of aryl methyl sites for hydroxylation is 1. The van der Waals surface area contributed by atoms with Crippen LogP contribution in [0.2, 0.25) is 0 Å². The van der Waals surface area contributed by atoms with Gasteiger partial charge in [0.1, 0.15) is 5.75 Å². The van der Waals surface area contributed by atoms with E-state index in [4.69, 9.17) is 14.2 Å². The first-order valence-corrected chi connectivity index (χ1v) is 6.15. The molecule has 0 aliphatic heterocycles. The summed E-state index contributed by atoms with van der Waals surface area (Å²) in [5, 5.41) is 0. The number of carbonyl (C=O) groups is 1. The van der Waals surface area contributed by atoms with Crippen molar-refractivity contribution in [1.29, 1.82) is 0 Å². The lowest BCUT2D eigenvalue weighted by Crippen LogP contribution is -2.08. The zero-order valence-corrected chi connectivity index (χ0v) is 11.7. The van der Waals surface area contributed by atoms with Crippen molar-refractivity contribution in [2.75, 3.05) is 14.2 Å². The van der Waals surface area contributed by atoms with Crippen LogP contribution in [-0.2, 0) is 0 Å². The molecule has 0 fully saturated rings. The molecule has 2 rings (SSSR count). The Kier molecular flexibility index (Phi) is 4.25. The zero-order valence-electron chi connectivity index (χ0n) is 11.7. The number of hydrogen-bond donors (Lipinski definition) is 0. The standard InChI is InChI=1S/C16H16O4/c1-11-9-13(10-14(18-2)15(11)19-3)20-16(17)12-7-5-4-6-8-12/h4-10H,1-3H3. The molecule has 4 heteroatoms. The predicted octanol–water partition coefficient (Wildman–Crippen LogP) is 3.23. The summed E-state index contributed by atoms with van der Waals surface area (Å²) < 4.78 is 15.8. The van der Waals surface area contributed by atoms with E-state index in [-0.39, 0.29) is 0 Å². The number of methoxy groups -OCH3 is 2. The van der Waals surface area contributed by atoms with Gasteiger partial charge in [-0.3, -0.25) is 0 Å². The molecule has 0 spiro atoms. The minimum atomic E-state index is -0.405. The Morgan fingerprint density at radius 3 is 2.30 bits per heavy atom. The van der Waals surface area contributed by atoms with Crippen LogP contribution in [0.4, 0.5) is 0 Å². The van der Waals surface area contributed by atoms with Crippen molar-refractivity contribution in [1.82, 2.24) is 0 Å². The molecule has 0 heterocycles. The minimum Gasteiger partial charge on any atom is -0.493 e. The number of esters is 1. The maximum Gasteiger partial charge on any atom is 0.343 e. The van der Waals surface area contributed by atoms with Crippen LogP contribution in [0.5, 0.6) is 17.2 Å². The van der Waals surface area contributed by atoms with Gasteiger partial charge >= 0.3 is 5.97 Å². The van der Waals surface area contributed by atoms with Crippen molar-refractivity contribution in [2.24, 2.45) is 0 Å². The highest BCUT2D eigenvalue weighted by atomic mass is 16.5. The van der Waals surface area contributed by atoms with Gasteiger partial charge in [0.15, 0.2) is 11.5 Å². The molecule has 0 aliphatic carbocycles. The highest BCUT2D eigenvalue weighted by molar-refractivity contribution is 5.91. The van der Waals surface area contributed by atoms with Crippen molar-refractivity contribution in [3.05, 3.63) is 53.6 Å². The number of carbonyl (C=O) groups excluding carboxylic acids is 1. The lowest BCUT2D eigenvalue weighted by molar-refractivity contribution is 0.0734. The maximum absolute atomic E-state index is 12.0. The van der Waals surface area contributed by atoms with E-state index >= 15 is 0 Å². The molecule has 0 atom stereocenters. The Labute approximate surface area is 117 Å². The van der Waals surface area contributed by atoms with Gasteiger partial charge in [-0.25, -0.2) is 4.79 Å². The highest BCUT2D eigenvalue weighted by Crippen LogP contribution is 2.35. The molecular weight excluding hydrogens is 256 g/mol. The van der Waals surface area contributed by atoms with E-state index in [9.17, 15) is 4.79 Å². The smallest absolute Gasteiger partial charge is 0.343 e. The second kappa shape index (κ2) is 6.10. The summed E-state index contributed by atoms with van der Waals surface area (Å²) in [5.41, 5.74) is 1.34. The van der Waals surface area contributed by atoms with Gasteiger partial charge in [0.2, 0.25) is 0 Å². The average Bonchev–Trinajstić information content (AvgIpc) is 2.47. The lowest BCUT2D eigenvalue weighted by Gasteiger charge is -2.12.